The summed E-state index contributed by atoms with van der Waals surface area (Å²) >= 11 is 0. The van der Waals surface area contributed by atoms with Gasteiger partial charge in [0.15, 0.2) is 0 Å². The first-order chi connectivity index (χ1) is 13.0. The summed E-state index contributed by atoms with van der Waals surface area (Å²) in [6.45, 7) is -2.23. The number of halogens is 2. The molecule has 0 unspecified atom stereocenters. The van der Waals surface area contributed by atoms with Crippen LogP contribution in [0.25, 0.3) is 0 Å². The van der Waals surface area contributed by atoms with Crippen molar-refractivity contribution in [2.75, 3.05) is 18.4 Å². The number of carbonyl (C=O) groups excluding carboxylic acids is 2. The molecule has 2 amide bonds. The average molecular weight is 374 g/mol. The van der Waals surface area contributed by atoms with Crippen LogP contribution in [-0.4, -0.2) is 36.4 Å². The molecule has 0 atom stereocenters. The third-order valence-corrected chi connectivity index (χ3v) is 4.53. The van der Waals surface area contributed by atoms with Crippen LogP contribution in [0.5, 0.6) is 5.75 Å². The third kappa shape index (κ3) is 4.81. The zero-order chi connectivity index (χ0) is 19.2. The van der Waals surface area contributed by atoms with Crippen LogP contribution in [-0.2, 0) is 4.79 Å². The summed E-state index contributed by atoms with van der Waals surface area (Å²) in [5, 5.41) is 2.87. The van der Waals surface area contributed by atoms with Crippen molar-refractivity contribution in [2.24, 2.45) is 5.92 Å². The van der Waals surface area contributed by atoms with Crippen LogP contribution in [0.2, 0.25) is 0 Å². The van der Waals surface area contributed by atoms with E-state index >= 15 is 0 Å². The van der Waals surface area contributed by atoms with Crippen molar-refractivity contribution in [3.8, 4) is 5.75 Å². The highest BCUT2D eigenvalue weighted by molar-refractivity contribution is 5.97. The Kier molecular flexibility index (Phi) is 6.01. The van der Waals surface area contributed by atoms with E-state index in [1.165, 1.54) is 18.2 Å². The number of rotatable bonds is 5. The lowest BCUT2D eigenvalue weighted by atomic mass is 9.95. The molecule has 1 aliphatic heterocycles. The molecule has 0 spiro atoms. The molecule has 0 saturated carbocycles. The van der Waals surface area contributed by atoms with E-state index in [0.29, 0.717) is 25.9 Å². The number of alkyl halides is 2. The van der Waals surface area contributed by atoms with E-state index in [9.17, 15) is 18.4 Å². The van der Waals surface area contributed by atoms with Crippen molar-refractivity contribution in [2.45, 2.75) is 19.5 Å². The predicted octanol–water partition coefficient (Wildman–Crippen LogP) is 3.78. The van der Waals surface area contributed by atoms with Gasteiger partial charge < -0.3 is 15.0 Å². The number of piperidine rings is 1. The molecule has 1 heterocycles. The topological polar surface area (TPSA) is 58.6 Å². The molecule has 2 aromatic rings. The number of likely N-dealkylation sites (tertiary alicyclic amines) is 1. The molecule has 0 aliphatic carbocycles. The highest BCUT2D eigenvalue weighted by Gasteiger charge is 2.29. The van der Waals surface area contributed by atoms with Crippen LogP contribution >= 0.6 is 0 Å². The molecule has 2 aromatic carbocycles. The first-order valence-electron chi connectivity index (χ1n) is 8.73. The Morgan fingerprint density at radius 2 is 1.63 bits per heavy atom. The van der Waals surface area contributed by atoms with Gasteiger partial charge in [0.25, 0.3) is 5.91 Å². The van der Waals surface area contributed by atoms with E-state index in [2.05, 4.69) is 10.1 Å². The summed E-state index contributed by atoms with van der Waals surface area (Å²) < 4.78 is 29.5. The molecule has 0 radical (unpaired) electrons. The van der Waals surface area contributed by atoms with Crippen LogP contribution in [0.3, 0.4) is 0 Å². The number of ether oxygens (including phenoxy) is 1. The molecule has 142 valence electrons. The second-order valence-electron chi connectivity index (χ2n) is 6.30. The van der Waals surface area contributed by atoms with Crippen molar-refractivity contribution in [1.29, 1.82) is 0 Å². The molecule has 5 nitrogen and oxygen atoms in total. The van der Waals surface area contributed by atoms with E-state index in [0.717, 1.165) is 5.69 Å². The molecule has 1 N–H and O–H groups in total. The first kappa shape index (κ1) is 18.8. The number of nitrogens with one attached hydrogen (secondary N) is 1. The van der Waals surface area contributed by atoms with E-state index < -0.39 is 6.61 Å². The summed E-state index contributed by atoms with van der Waals surface area (Å²) in [7, 11) is 0. The second kappa shape index (κ2) is 8.62. The largest absolute Gasteiger partial charge is 0.434 e. The fourth-order valence-electron chi connectivity index (χ4n) is 3.12. The van der Waals surface area contributed by atoms with E-state index in [4.69, 9.17) is 0 Å². The first-order valence-corrected chi connectivity index (χ1v) is 8.73. The number of amides is 2. The molecular weight excluding hydrogens is 354 g/mol. The van der Waals surface area contributed by atoms with Gasteiger partial charge in [-0.2, -0.15) is 8.78 Å². The molecular formula is C20H20F2N2O3. The average Bonchev–Trinajstić information content (AvgIpc) is 2.68. The maximum absolute atomic E-state index is 12.7. The molecule has 1 aliphatic rings. The summed E-state index contributed by atoms with van der Waals surface area (Å²) in [6, 6.07) is 15.1. The van der Waals surface area contributed by atoms with Crippen LogP contribution in [0, 0.1) is 5.92 Å². The lowest BCUT2D eigenvalue weighted by Gasteiger charge is -2.31. The number of anilines is 1. The second-order valence-corrected chi connectivity index (χ2v) is 6.30. The van der Waals surface area contributed by atoms with Gasteiger partial charge in [-0.25, -0.2) is 0 Å². The SMILES string of the molecule is O=C(Nc1ccccc1)C1CCN(C(=O)c2ccccc2OC(F)F)CC1. The molecule has 3 rings (SSSR count). The van der Waals surface area contributed by atoms with Gasteiger partial charge in [0.05, 0.1) is 5.56 Å². The number of nitrogens with zero attached hydrogens (tertiary/aromatic N) is 1. The van der Waals surface area contributed by atoms with E-state index in [1.54, 1.807) is 11.0 Å². The summed E-state index contributed by atoms with van der Waals surface area (Å²) in [4.78, 5) is 26.6. The minimum Gasteiger partial charge on any atom is -0.434 e. The zero-order valence-corrected chi connectivity index (χ0v) is 14.6. The minimum atomic E-state index is -2.99. The molecule has 0 bridgehead atoms. The smallest absolute Gasteiger partial charge is 0.387 e. The minimum absolute atomic E-state index is 0.0743. The van der Waals surface area contributed by atoms with Crippen LogP contribution < -0.4 is 10.1 Å². The van der Waals surface area contributed by atoms with Gasteiger partial charge >= 0.3 is 6.61 Å². The fraction of sp³-hybridized carbons (Fsp3) is 0.300. The number of carbonyl (C=O) groups is 2. The van der Waals surface area contributed by atoms with Crippen LogP contribution in [0.4, 0.5) is 14.5 Å². The number of benzene rings is 2. The van der Waals surface area contributed by atoms with Gasteiger partial charge in [0.2, 0.25) is 5.91 Å². The van der Waals surface area contributed by atoms with Crippen molar-refractivity contribution in [3.63, 3.8) is 0 Å². The Labute approximate surface area is 155 Å². The Morgan fingerprint density at radius 1 is 1.00 bits per heavy atom. The van der Waals surface area contributed by atoms with Crippen molar-refractivity contribution < 1.29 is 23.1 Å². The lowest BCUT2D eigenvalue weighted by molar-refractivity contribution is -0.121. The standard InChI is InChI=1S/C20H20F2N2O3/c21-20(22)27-17-9-5-4-8-16(17)19(26)24-12-10-14(11-13-24)18(25)23-15-6-2-1-3-7-15/h1-9,14,20H,10-13H2,(H,23,25). The number of para-hydroxylation sites is 2. The van der Waals surface area contributed by atoms with Crippen molar-refractivity contribution >= 4 is 17.5 Å². The van der Waals surface area contributed by atoms with Crippen molar-refractivity contribution in [3.05, 3.63) is 60.2 Å². The van der Waals surface area contributed by atoms with Gasteiger partial charge in [-0.1, -0.05) is 30.3 Å². The molecule has 0 aromatic heterocycles. The number of hydrogen-bond donors (Lipinski definition) is 1. The normalized spacial score (nSPS) is 14.9. The van der Waals surface area contributed by atoms with Crippen LogP contribution in [0.15, 0.2) is 54.6 Å². The van der Waals surface area contributed by atoms with Gasteiger partial charge in [-0.15, -0.1) is 0 Å². The monoisotopic (exact) mass is 374 g/mol. The van der Waals surface area contributed by atoms with E-state index in [-0.39, 0.29) is 29.0 Å². The maximum atomic E-state index is 12.7. The van der Waals surface area contributed by atoms with E-state index in [1.807, 2.05) is 30.3 Å². The fourth-order valence-corrected chi connectivity index (χ4v) is 3.12. The summed E-state index contributed by atoms with van der Waals surface area (Å²) in [6.07, 6.45) is 1.03. The molecule has 27 heavy (non-hydrogen) atoms. The Balaban J connectivity index is 1.59. The number of hydrogen-bond acceptors (Lipinski definition) is 3. The van der Waals surface area contributed by atoms with Gasteiger partial charge in [0, 0.05) is 24.7 Å². The maximum Gasteiger partial charge on any atom is 0.387 e. The Hall–Kier alpha value is -2.96. The highest BCUT2D eigenvalue weighted by Crippen LogP contribution is 2.25. The lowest BCUT2D eigenvalue weighted by Crippen LogP contribution is -2.41. The van der Waals surface area contributed by atoms with Crippen molar-refractivity contribution in [1.82, 2.24) is 4.90 Å². The van der Waals surface area contributed by atoms with Gasteiger partial charge in [-0.3, -0.25) is 9.59 Å². The molecule has 7 heteroatoms. The zero-order valence-electron chi connectivity index (χ0n) is 14.6. The molecule has 1 fully saturated rings. The molecule has 1 saturated heterocycles. The highest BCUT2D eigenvalue weighted by atomic mass is 19.3. The Morgan fingerprint density at radius 3 is 2.30 bits per heavy atom. The Bertz CT molecular complexity index is 791. The quantitative estimate of drug-likeness (QED) is 0.867. The summed E-state index contributed by atoms with van der Waals surface area (Å²) in [5.41, 5.74) is 0.837. The predicted molar refractivity (Wildman–Crippen MR) is 96.8 cm³/mol. The summed E-state index contributed by atoms with van der Waals surface area (Å²) in [5.74, 6) is -0.772. The van der Waals surface area contributed by atoms with Crippen LogP contribution in [0.1, 0.15) is 23.2 Å². The van der Waals surface area contributed by atoms with Gasteiger partial charge in [0.1, 0.15) is 5.75 Å². The third-order valence-electron chi connectivity index (χ3n) is 4.53. The van der Waals surface area contributed by atoms with Gasteiger partial charge in [-0.05, 0) is 37.1 Å².